The number of aliphatic hydroxyl groups is 2. The van der Waals surface area contributed by atoms with Crippen molar-refractivity contribution in [3.05, 3.63) is 16.1 Å². The van der Waals surface area contributed by atoms with Gasteiger partial charge < -0.3 is 25.3 Å². The number of anilines is 1. The van der Waals surface area contributed by atoms with E-state index in [1.165, 1.54) is 10.9 Å². The van der Waals surface area contributed by atoms with Crippen LogP contribution in [0.15, 0.2) is 12.5 Å². The quantitative estimate of drug-likeness (QED) is 0.629. The monoisotopic (exact) mass is 394 g/mol. The molecule has 108 valence electrons. The summed E-state index contributed by atoms with van der Waals surface area (Å²) in [5, 5.41) is 19.4. The molecule has 20 heavy (non-hydrogen) atoms. The number of halogens is 2. The van der Waals surface area contributed by atoms with E-state index in [0.29, 0.717) is 16.9 Å². The average molecular weight is 394 g/mol. The maximum Gasteiger partial charge on any atom is 0.173 e. The van der Waals surface area contributed by atoms with Crippen molar-refractivity contribution in [2.75, 3.05) is 12.3 Å². The minimum atomic E-state index is -1.66. The standard InChI is InChI=1S/C11H12FIN4O3/c12-7-8(19)5(2-18)20-11(7)17-1-4(13)6-9(14)15-3-16-10(6)17/h1,3,5,7-8,11,18-19H,2H2,(H2,14,15,16)/t5-,7+,8-,11-/m1/s1. The highest BCUT2D eigenvalue weighted by Crippen LogP contribution is 2.36. The first-order valence-electron chi connectivity index (χ1n) is 5.89. The average Bonchev–Trinajstić information content (AvgIpc) is 2.90. The van der Waals surface area contributed by atoms with E-state index in [2.05, 4.69) is 9.97 Å². The lowest BCUT2D eigenvalue weighted by molar-refractivity contribution is -0.0457. The Kier molecular flexibility index (Phi) is 3.52. The van der Waals surface area contributed by atoms with Gasteiger partial charge in [0.1, 0.15) is 30.0 Å². The van der Waals surface area contributed by atoms with Crippen molar-refractivity contribution in [1.29, 1.82) is 0 Å². The Morgan fingerprint density at radius 1 is 1.50 bits per heavy atom. The summed E-state index contributed by atoms with van der Waals surface area (Å²) in [5.41, 5.74) is 6.22. The summed E-state index contributed by atoms with van der Waals surface area (Å²) in [6, 6.07) is 0. The number of aliphatic hydroxyl groups excluding tert-OH is 2. The zero-order chi connectivity index (χ0) is 14.4. The van der Waals surface area contributed by atoms with E-state index in [0.717, 1.165) is 3.57 Å². The molecule has 1 saturated heterocycles. The van der Waals surface area contributed by atoms with Gasteiger partial charge in [0.05, 0.1) is 12.0 Å². The van der Waals surface area contributed by atoms with Gasteiger partial charge in [-0.2, -0.15) is 0 Å². The van der Waals surface area contributed by atoms with E-state index in [-0.39, 0.29) is 0 Å². The molecular formula is C11H12FIN4O3. The molecule has 2 aromatic heterocycles. The summed E-state index contributed by atoms with van der Waals surface area (Å²) in [4.78, 5) is 7.99. The molecule has 0 aliphatic carbocycles. The van der Waals surface area contributed by atoms with Crippen LogP contribution >= 0.6 is 22.6 Å². The molecule has 4 N–H and O–H groups in total. The van der Waals surface area contributed by atoms with Crippen LogP contribution in [0.3, 0.4) is 0 Å². The molecule has 0 amide bonds. The molecular weight excluding hydrogens is 382 g/mol. The second-order valence-electron chi connectivity index (χ2n) is 4.52. The third-order valence-corrected chi connectivity index (χ3v) is 4.16. The highest BCUT2D eigenvalue weighted by Gasteiger charge is 2.45. The number of hydrogen-bond acceptors (Lipinski definition) is 6. The molecule has 3 heterocycles. The molecule has 9 heteroatoms. The smallest absolute Gasteiger partial charge is 0.173 e. The molecule has 0 radical (unpaired) electrons. The lowest BCUT2D eigenvalue weighted by Crippen LogP contribution is -2.30. The topological polar surface area (TPSA) is 106 Å². The van der Waals surface area contributed by atoms with Crippen LogP contribution in [-0.4, -0.2) is 49.7 Å². The number of fused-ring (bicyclic) bond motifs is 1. The van der Waals surface area contributed by atoms with Crippen molar-refractivity contribution in [3.8, 4) is 0 Å². The Bertz CT molecular complexity index is 652. The molecule has 2 aromatic rings. The molecule has 3 rings (SSSR count). The Hall–Kier alpha value is -1.04. The van der Waals surface area contributed by atoms with E-state index >= 15 is 0 Å². The number of nitrogen functional groups attached to an aromatic ring is 1. The van der Waals surface area contributed by atoms with Crippen molar-refractivity contribution in [2.45, 2.75) is 24.6 Å². The van der Waals surface area contributed by atoms with Crippen LogP contribution in [0.1, 0.15) is 6.23 Å². The lowest BCUT2D eigenvalue weighted by Gasteiger charge is -2.15. The fourth-order valence-corrected chi connectivity index (χ4v) is 3.15. The van der Waals surface area contributed by atoms with Gasteiger partial charge >= 0.3 is 0 Å². The molecule has 1 aliphatic rings. The van der Waals surface area contributed by atoms with Gasteiger partial charge in [-0.1, -0.05) is 0 Å². The molecule has 1 fully saturated rings. The van der Waals surface area contributed by atoms with Gasteiger partial charge in [0.15, 0.2) is 12.4 Å². The van der Waals surface area contributed by atoms with Crippen LogP contribution < -0.4 is 5.73 Å². The Morgan fingerprint density at radius 3 is 2.90 bits per heavy atom. The van der Waals surface area contributed by atoms with Crippen molar-refractivity contribution in [2.24, 2.45) is 0 Å². The highest BCUT2D eigenvalue weighted by atomic mass is 127. The molecule has 4 atom stereocenters. The van der Waals surface area contributed by atoms with Gasteiger partial charge in [0.2, 0.25) is 0 Å². The SMILES string of the molecule is Nc1ncnc2c1c(I)cn2[C@@H]1O[C@H](CO)[C@@H](O)[C@@H]1F. The Balaban J connectivity index is 2.10. The van der Waals surface area contributed by atoms with Gasteiger partial charge in [-0.05, 0) is 22.6 Å². The number of nitrogens with two attached hydrogens (primary N) is 1. The number of rotatable bonds is 2. The van der Waals surface area contributed by atoms with Crippen LogP contribution in [0.25, 0.3) is 11.0 Å². The predicted octanol–water partition coefficient (Wildman–Crippen LogP) is 0.207. The normalized spacial score (nSPS) is 30.2. The zero-order valence-electron chi connectivity index (χ0n) is 10.1. The van der Waals surface area contributed by atoms with Gasteiger partial charge in [0.25, 0.3) is 0 Å². The van der Waals surface area contributed by atoms with Crippen LogP contribution in [0.4, 0.5) is 10.2 Å². The van der Waals surface area contributed by atoms with Crippen molar-refractivity contribution >= 4 is 39.4 Å². The largest absolute Gasteiger partial charge is 0.394 e. The molecule has 7 nitrogen and oxygen atoms in total. The van der Waals surface area contributed by atoms with Gasteiger partial charge in [-0.3, -0.25) is 0 Å². The summed E-state index contributed by atoms with van der Waals surface area (Å²) < 4.78 is 21.8. The van der Waals surface area contributed by atoms with Crippen molar-refractivity contribution < 1.29 is 19.3 Å². The van der Waals surface area contributed by atoms with E-state index in [4.69, 9.17) is 15.6 Å². The van der Waals surface area contributed by atoms with Crippen LogP contribution in [0, 0.1) is 3.57 Å². The third-order valence-electron chi connectivity index (χ3n) is 3.34. The fraction of sp³-hybridized carbons (Fsp3) is 0.455. The fourth-order valence-electron chi connectivity index (χ4n) is 2.33. The molecule has 1 aliphatic heterocycles. The summed E-state index contributed by atoms with van der Waals surface area (Å²) in [7, 11) is 0. The number of ether oxygens (including phenoxy) is 1. The highest BCUT2D eigenvalue weighted by molar-refractivity contribution is 14.1. The minimum Gasteiger partial charge on any atom is -0.394 e. The summed E-state index contributed by atoms with van der Waals surface area (Å²) >= 11 is 2.05. The Morgan fingerprint density at radius 2 is 2.25 bits per heavy atom. The molecule has 0 unspecified atom stereocenters. The molecule has 0 spiro atoms. The summed E-state index contributed by atoms with van der Waals surface area (Å²) in [6.07, 6.45) is -2.12. The first-order chi connectivity index (χ1) is 9.54. The second kappa shape index (κ2) is 5.06. The van der Waals surface area contributed by atoms with E-state index in [1.54, 1.807) is 6.20 Å². The van der Waals surface area contributed by atoms with Crippen LogP contribution in [0.5, 0.6) is 0 Å². The summed E-state index contributed by atoms with van der Waals surface area (Å²) in [5.74, 6) is 0.297. The summed E-state index contributed by atoms with van der Waals surface area (Å²) in [6.45, 7) is -0.453. The number of alkyl halides is 1. The molecule has 0 saturated carbocycles. The van der Waals surface area contributed by atoms with E-state index < -0.39 is 31.2 Å². The number of nitrogens with zero attached hydrogens (tertiary/aromatic N) is 3. The van der Waals surface area contributed by atoms with Crippen LogP contribution in [-0.2, 0) is 4.74 Å². The second-order valence-corrected chi connectivity index (χ2v) is 5.69. The Labute approximate surface area is 126 Å². The van der Waals surface area contributed by atoms with Crippen molar-refractivity contribution in [1.82, 2.24) is 14.5 Å². The van der Waals surface area contributed by atoms with E-state index in [9.17, 15) is 9.50 Å². The first-order valence-corrected chi connectivity index (χ1v) is 6.97. The number of hydrogen-bond donors (Lipinski definition) is 3. The maximum absolute atomic E-state index is 14.2. The van der Waals surface area contributed by atoms with Crippen molar-refractivity contribution in [3.63, 3.8) is 0 Å². The lowest BCUT2D eigenvalue weighted by atomic mass is 10.1. The molecule has 0 bridgehead atoms. The third kappa shape index (κ3) is 1.96. The predicted molar refractivity (Wildman–Crippen MR) is 76.6 cm³/mol. The van der Waals surface area contributed by atoms with Gasteiger partial charge in [0, 0.05) is 9.77 Å². The van der Waals surface area contributed by atoms with E-state index in [1.807, 2.05) is 22.6 Å². The molecule has 0 aromatic carbocycles. The zero-order valence-corrected chi connectivity index (χ0v) is 12.3. The van der Waals surface area contributed by atoms with Crippen LogP contribution in [0.2, 0.25) is 0 Å². The number of aromatic nitrogens is 3. The maximum atomic E-state index is 14.2. The minimum absolute atomic E-state index is 0.297. The van der Waals surface area contributed by atoms with Gasteiger partial charge in [-0.15, -0.1) is 0 Å². The first kappa shape index (κ1) is 13.9. The van der Waals surface area contributed by atoms with Gasteiger partial charge in [-0.25, -0.2) is 14.4 Å².